The minimum absolute atomic E-state index is 0.0347. The molecule has 0 spiro atoms. The molecule has 0 aliphatic heterocycles. The number of oxazole rings is 1. The number of nitrogens with one attached hydrogen (secondary N) is 2. The molecule has 2 amide bonds. The van der Waals surface area contributed by atoms with Gasteiger partial charge in [0.1, 0.15) is 12.1 Å². The molecule has 10 heteroatoms. The third-order valence-corrected chi connectivity index (χ3v) is 6.37. The Hall–Kier alpha value is -3.69. The Balaban J connectivity index is 1.49. The molecule has 3 heterocycles. The predicted octanol–water partition coefficient (Wildman–Crippen LogP) is 4.10. The van der Waals surface area contributed by atoms with E-state index in [1.54, 1.807) is 29.2 Å². The average Bonchev–Trinajstić information content (AvgIpc) is 3.48. The Morgan fingerprint density at radius 3 is 2.71 bits per heavy atom. The first-order valence-corrected chi connectivity index (χ1v) is 11.7. The second-order valence-electron chi connectivity index (χ2n) is 9.00. The van der Waals surface area contributed by atoms with Crippen molar-refractivity contribution in [2.45, 2.75) is 52.5 Å². The maximum Gasteiger partial charge on any atom is 0.277 e. The Morgan fingerprint density at radius 2 is 2.03 bits per heavy atom. The molecule has 4 rings (SSSR count). The van der Waals surface area contributed by atoms with Crippen LogP contribution in [0.25, 0.3) is 11.5 Å². The molecule has 0 radical (unpaired) electrons. The van der Waals surface area contributed by atoms with Crippen LogP contribution in [0.5, 0.6) is 0 Å². The lowest BCUT2D eigenvalue weighted by Gasteiger charge is -2.30. The summed E-state index contributed by atoms with van der Waals surface area (Å²) in [7, 11) is 0. The van der Waals surface area contributed by atoms with Crippen LogP contribution in [0.4, 0.5) is 11.5 Å². The monoisotopic (exact) mass is 465 g/mol. The van der Waals surface area contributed by atoms with Crippen molar-refractivity contribution in [1.29, 1.82) is 0 Å². The molecule has 0 aromatic carbocycles. The van der Waals surface area contributed by atoms with Gasteiger partial charge in [-0.2, -0.15) is 5.10 Å². The summed E-state index contributed by atoms with van der Waals surface area (Å²) in [6.07, 6.45) is 8.78. The molecule has 0 unspecified atom stereocenters. The summed E-state index contributed by atoms with van der Waals surface area (Å²) in [6.45, 7) is 7.21. The van der Waals surface area contributed by atoms with Crippen LogP contribution in [0.2, 0.25) is 0 Å². The van der Waals surface area contributed by atoms with Crippen molar-refractivity contribution in [3.63, 3.8) is 0 Å². The Labute approximate surface area is 198 Å². The van der Waals surface area contributed by atoms with E-state index in [0.29, 0.717) is 29.1 Å². The van der Waals surface area contributed by atoms with Crippen LogP contribution in [0.3, 0.4) is 0 Å². The van der Waals surface area contributed by atoms with Crippen molar-refractivity contribution in [2.24, 2.45) is 17.6 Å². The number of carbonyl (C=O) groups is 2. The molecular weight excluding hydrogens is 434 g/mol. The highest BCUT2D eigenvalue weighted by atomic mass is 16.3. The standard InChI is InChI=1S/C24H31N7O3/c1-4-26-20-11-16(9-10-27-20)24-29-19(13-34-24)23(33)28-18-12-31(30-21(18)22(25)32)17-7-5-15(6-8-17)14(2)3/h9-15,17H,4-8H2,1-3H3,(H2,25,32)(H,26,27)(H,28,33)/t15-,17-. The van der Waals surface area contributed by atoms with Gasteiger partial charge in [0.2, 0.25) is 5.89 Å². The number of anilines is 2. The summed E-state index contributed by atoms with van der Waals surface area (Å²) in [5, 5.41) is 10.2. The van der Waals surface area contributed by atoms with E-state index >= 15 is 0 Å². The van der Waals surface area contributed by atoms with Crippen LogP contribution in [0.1, 0.15) is 73.5 Å². The van der Waals surface area contributed by atoms with E-state index in [0.717, 1.165) is 32.2 Å². The van der Waals surface area contributed by atoms with Crippen LogP contribution < -0.4 is 16.4 Å². The van der Waals surface area contributed by atoms with Gasteiger partial charge in [-0.1, -0.05) is 13.8 Å². The topological polar surface area (TPSA) is 141 Å². The van der Waals surface area contributed by atoms with Gasteiger partial charge in [0.05, 0.1) is 11.7 Å². The van der Waals surface area contributed by atoms with Crippen molar-refractivity contribution in [3.8, 4) is 11.5 Å². The number of carbonyl (C=O) groups excluding carboxylic acids is 2. The minimum atomic E-state index is -0.696. The van der Waals surface area contributed by atoms with E-state index in [2.05, 4.69) is 39.5 Å². The Kier molecular flexibility index (Phi) is 6.95. The first-order chi connectivity index (χ1) is 16.4. The molecule has 1 aliphatic carbocycles. The van der Waals surface area contributed by atoms with Gasteiger partial charge >= 0.3 is 0 Å². The molecule has 3 aromatic heterocycles. The van der Waals surface area contributed by atoms with Gasteiger partial charge in [-0.05, 0) is 56.6 Å². The maximum absolute atomic E-state index is 12.9. The van der Waals surface area contributed by atoms with Gasteiger partial charge in [0, 0.05) is 24.5 Å². The lowest BCUT2D eigenvalue weighted by Crippen LogP contribution is -2.22. The third-order valence-electron chi connectivity index (χ3n) is 6.37. The second-order valence-corrected chi connectivity index (χ2v) is 9.00. The quantitative estimate of drug-likeness (QED) is 0.455. The lowest BCUT2D eigenvalue weighted by molar-refractivity contribution is 0.0994. The van der Waals surface area contributed by atoms with E-state index < -0.39 is 11.8 Å². The maximum atomic E-state index is 12.9. The zero-order valence-corrected chi connectivity index (χ0v) is 19.7. The van der Waals surface area contributed by atoms with Gasteiger partial charge in [0.15, 0.2) is 11.4 Å². The van der Waals surface area contributed by atoms with E-state index in [-0.39, 0.29) is 23.1 Å². The molecule has 1 fully saturated rings. The lowest BCUT2D eigenvalue weighted by atomic mass is 9.80. The smallest absolute Gasteiger partial charge is 0.277 e. The van der Waals surface area contributed by atoms with Crippen LogP contribution in [-0.2, 0) is 0 Å². The highest BCUT2D eigenvalue weighted by Gasteiger charge is 2.27. The zero-order valence-electron chi connectivity index (χ0n) is 19.7. The van der Waals surface area contributed by atoms with E-state index in [1.807, 2.05) is 6.92 Å². The SMILES string of the molecule is CCNc1cc(-c2nc(C(=O)Nc3cn([C@H]4CC[C@H](C(C)C)CC4)nc3C(N)=O)co2)ccn1. The van der Waals surface area contributed by atoms with Gasteiger partial charge in [-0.25, -0.2) is 9.97 Å². The Morgan fingerprint density at radius 1 is 1.26 bits per heavy atom. The third kappa shape index (κ3) is 5.11. The molecule has 1 saturated carbocycles. The summed E-state index contributed by atoms with van der Waals surface area (Å²) in [6, 6.07) is 3.72. The van der Waals surface area contributed by atoms with E-state index in [1.165, 1.54) is 6.26 Å². The summed E-state index contributed by atoms with van der Waals surface area (Å²) < 4.78 is 7.27. The molecule has 180 valence electrons. The van der Waals surface area contributed by atoms with Gasteiger partial charge in [-0.3, -0.25) is 14.3 Å². The number of nitrogens with zero attached hydrogens (tertiary/aromatic N) is 4. The van der Waals surface area contributed by atoms with Crippen molar-refractivity contribution in [2.75, 3.05) is 17.2 Å². The first kappa shape index (κ1) is 23.5. The predicted molar refractivity (Wildman–Crippen MR) is 128 cm³/mol. The number of pyridine rings is 1. The average molecular weight is 466 g/mol. The second kappa shape index (κ2) is 10.1. The number of amides is 2. The summed E-state index contributed by atoms with van der Waals surface area (Å²) in [4.78, 5) is 33.4. The van der Waals surface area contributed by atoms with Crippen LogP contribution in [0.15, 0.2) is 35.2 Å². The Bertz CT molecular complexity index is 1160. The molecule has 4 N–H and O–H groups in total. The summed E-state index contributed by atoms with van der Waals surface area (Å²) in [5.41, 5.74) is 6.61. The van der Waals surface area contributed by atoms with Crippen molar-refractivity contribution < 1.29 is 14.0 Å². The van der Waals surface area contributed by atoms with E-state index in [4.69, 9.17) is 10.2 Å². The van der Waals surface area contributed by atoms with Crippen molar-refractivity contribution in [1.82, 2.24) is 19.7 Å². The van der Waals surface area contributed by atoms with Crippen molar-refractivity contribution in [3.05, 3.63) is 42.2 Å². The number of primary amides is 1. The fourth-order valence-electron chi connectivity index (χ4n) is 4.42. The van der Waals surface area contributed by atoms with Gasteiger partial charge in [0.25, 0.3) is 11.8 Å². The molecule has 0 bridgehead atoms. The summed E-state index contributed by atoms with van der Waals surface area (Å²) in [5.74, 6) is 1.13. The number of nitrogens with two attached hydrogens (primary N) is 1. The highest BCUT2D eigenvalue weighted by molar-refractivity contribution is 6.07. The first-order valence-electron chi connectivity index (χ1n) is 11.7. The molecule has 34 heavy (non-hydrogen) atoms. The van der Waals surface area contributed by atoms with Crippen LogP contribution >= 0.6 is 0 Å². The minimum Gasteiger partial charge on any atom is -0.444 e. The fraction of sp³-hybridized carbons (Fsp3) is 0.458. The number of hydrogen-bond donors (Lipinski definition) is 3. The normalized spacial score (nSPS) is 18.1. The fourth-order valence-corrected chi connectivity index (χ4v) is 4.42. The molecule has 10 nitrogen and oxygen atoms in total. The number of rotatable bonds is 8. The van der Waals surface area contributed by atoms with Crippen LogP contribution in [0, 0.1) is 11.8 Å². The zero-order chi connectivity index (χ0) is 24.2. The van der Waals surface area contributed by atoms with Gasteiger partial charge < -0.3 is 20.8 Å². The molecular formula is C24H31N7O3. The molecule has 1 aliphatic rings. The summed E-state index contributed by atoms with van der Waals surface area (Å²) >= 11 is 0. The highest BCUT2D eigenvalue weighted by Crippen LogP contribution is 2.36. The largest absolute Gasteiger partial charge is 0.444 e. The number of hydrogen-bond acceptors (Lipinski definition) is 7. The van der Waals surface area contributed by atoms with Crippen LogP contribution in [-0.4, -0.2) is 38.1 Å². The van der Waals surface area contributed by atoms with E-state index in [9.17, 15) is 9.59 Å². The molecule has 0 atom stereocenters. The van der Waals surface area contributed by atoms with Crippen molar-refractivity contribution >= 4 is 23.3 Å². The molecule has 3 aromatic rings. The number of aromatic nitrogens is 4. The molecule has 0 saturated heterocycles. The van der Waals surface area contributed by atoms with Gasteiger partial charge in [-0.15, -0.1) is 0 Å².